The predicted octanol–water partition coefficient (Wildman–Crippen LogP) is 1.85. The van der Waals surface area contributed by atoms with Gasteiger partial charge < -0.3 is 5.32 Å². The molecule has 1 aromatic heterocycles. The van der Waals surface area contributed by atoms with E-state index in [1.54, 1.807) is 6.20 Å². The number of anilines is 1. The van der Waals surface area contributed by atoms with E-state index in [2.05, 4.69) is 28.2 Å². The van der Waals surface area contributed by atoms with Crippen LogP contribution in [-0.4, -0.2) is 35.6 Å². The first-order chi connectivity index (χ1) is 8.35. The lowest BCUT2D eigenvalue weighted by atomic mass is 10.3. The monoisotopic (exact) mass is 230 g/mol. The van der Waals surface area contributed by atoms with Crippen LogP contribution in [0.2, 0.25) is 0 Å². The van der Waals surface area contributed by atoms with Crippen molar-refractivity contribution in [3.8, 4) is 6.07 Å². The van der Waals surface area contributed by atoms with Gasteiger partial charge in [0.2, 0.25) is 0 Å². The lowest BCUT2D eigenvalue weighted by Gasteiger charge is -2.20. The molecule has 1 aliphatic rings. The van der Waals surface area contributed by atoms with Gasteiger partial charge in [-0.2, -0.15) is 5.26 Å². The van der Waals surface area contributed by atoms with E-state index in [1.165, 1.54) is 12.8 Å². The molecular weight excluding hydrogens is 212 g/mol. The fourth-order valence-electron chi connectivity index (χ4n) is 2.01. The molecule has 0 aliphatic heterocycles. The molecule has 0 unspecified atom stereocenters. The van der Waals surface area contributed by atoms with Gasteiger partial charge in [-0.25, -0.2) is 4.98 Å². The Morgan fingerprint density at radius 2 is 2.41 bits per heavy atom. The molecule has 17 heavy (non-hydrogen) atoms. The SMILES string of the molecule is CCN(CCNc1cccnc1C#N)C1CC1. The molecular formula is C13H18N4. The van der Waals surface area contributed by atoms with Gasteiger partial charge in [0.1, 0.15) is 6.07 Å². The summed E-state index contributed by atoms with van der Waals surface area (Å²) in [5, 5.41) is 12.2. The largest absolute Gasteiger partial charge is 0.381 e. The summed E-state index contributed by atoms with van der Waals surface area (Å²) in [6.45, 7) is 5.19. The Bertz CT molecular complexity index is 406. The Labute approximate surface area is 102 Å². The Hall–Kier alpha value is -1.60. The van der Waals surface area contributed by atoms with E-state index in [9.17, 15) is 0 Å². The summed E-state index contributed by atoms with van der Waals surface area (Å²) >= 11 is 0. The molecule has 4 heteroatoms. The zero-order valence-electron chi connectivity index (χ0n) is 10.2. The van der Waals surface area contributed by atoms with Crippen molar-refractivity contribution < 1.29 is 0 Å². The van der Waals surface area contributed by atoms with Crippen LogP contribution < -0.4 is 5.32 Å². The van der Waals surface area contributed by atoms with E-state index in [0.717, 1.165) is 31.4 Å². The second kappa shape index (κ2) is 5.65. The van der Waals surface area contributed by atoms with E-state index < -0.39 is 0 Å². The van der Waals surface area contributed by atoms with Gasteiger partial charge in [0.05, 0.1) is 5.69 Å². The maximum absolute atomic E-state index is 8.91. The number of nitrogens with zero attached hydrogens (tertiary/aromatic N) is 3. The molecule has 0 aromatic carbocycles. The van der Waals surface area contributed by atoms with Crippen LogP contribution >= 0.6 is 0 Å². The summed E-state index contributed by atoms with van der Waals surface area (Å²) in [5.74, 6) is 0. The standard InChI is InChI=1S/C13H18N4/c1-2-17(11-5-6-11)9-8-16-12-4-3-7-15-13(12)10-14/h3-4,7,11,16H,2,5-6,8-9H2,1H3. The second-order valence-corrected chi connectivity index (χ2v) is 4.30. The zero-order chi connectivity index (χ0) is 12.1. The van der Waals surface area contributed by atoms with E-state index >= 15 is 0 Å². The highest BCUT2D eigenvalue weighted by Crippen LogP contribution is 2.26. The molecule has 1 N–H and O–H groups in total. The van der Waals surface area contributed by atoms with Gasteiger partial charge in [-0.3, -0.25) is 4.90 Å². The Morgan fingerprint density at radius 1 is 1.59 bits per heavy atom. The Balaban J connectivity index is 1.83. The van der Waals surface area contributed by atoms with Crippen molar-refractivity contribution in [3.05, 3.63) is 24.0 Å². The van der Waals surface area contributed by atoms with Gasteiger partial charge in [0.25, 0.3) is 0 Å². The molecule has 90 valence electrons. The second-order valence-electron chi connectivity index (χ2n) is 4.30. The molecule has 0 saturated heterocycles. The van der Waals surface area contributed by atoms with Crippen LogP contribution in [-0.2, 0) is 0 Å². The molecule has 1 aliphatic carbocycles. The lowest BCUT2D eigenvalue weighted by Crippen LogP contribution is -2.31. The fourth-order valence-corrected chi connectivity index (χ4v) is 2.01. The van der Waals surface area contributed by atoms with Gasteiger partial charge in [0, 0.05) is 25.3 Å². The maximum atomic E-state index is 8.91. The van der Waals surface area contributed by atoms with Crippen LogP contribution in [0.15, 0.2) is 18.3 Å². The van der Waals surface area contributed by atoms with Gasteiger partial charge >= 0.3 is 0 Å². The summed E-state index contributed by atoms with van der Waals surface area (Å²) < 4.78 is 0. The van der Waals surface area contributed by atoms with Crippen LogP contribution in [0.3, 0.4) is 0 Å². The van der Waals surface area contributed by atoms with Crippen molar-refractivity contribution in [2.24, 2.45) is 0 Å². The number of nitriles is 1. The number of aromatic nitrogens is 1. The molecule has 0 spiro atoms. The van der Waals surface area contributed by atoms with Crippen LogP contribution in [0.5, 0.6) is 0 Å². The number of likely N-dealkylation sites (N-methyl/N-ethyl adjacent to an activating group) is 1. The van der Waals surface area contributed by atoms with Crippen molar-refractivity contribution in [1.82, 2.24) is 9.88 Å². The first-order valence-corrected chi connectivity index (χ1v) is 6.18. The van der Waals surface area contributed by atoms with Crippen molar-refractivity contribution in [2.75, 3.05) is 25.0 Å². The van der Waals surface area contributed by atoms with Crippen LogP contribution in [0.25, 0.3) is 0 Å². The molecule has 0 radical (unpaired) electrons. The number of hydrogen-bond acceptors (Lipinski definition) is 4. The average molecular weight is 230 g/mol. The highest BCUT2D eigenvalue weighted by molar-refractivity contribution is 5.53. The predicted molar refractivity (Wildman–Crippen MR) is 67.7 cm³/mol. The third-order valence-corrected chi connectivity index (χ3v) is 3.10. The van der Waals surface area contributed by atoms with Crippen LogP contribution in [0.1, 0.15) is 25.5 Å². The average Bonchev–Trinajstić information content (AvgIpc) is 3.19. The number of hydrogen-bond donors (Lipinski definition) is 1. The van der Waals surface area contributed by atoms with Crippen molar-refractivity contribution in [1.29, 1.82) is 5.26 Å². The zero-order valence-corrected chi connectivity index (χ0v) is 10.2. The normalized spacial score (nSPS) is 14.6. The smallest absolute Gasteiger partial charge is 0.163 e. The molecule has 2 rings (SSSR count). The van der Waals surface area contributed by atoms with Gasteiger partial charge in [-0.05, 0) is 31.5 Å². The molecule has 1 fully saturated rings. The summed E-state index contributed by atoms with van der Waals surface area (Å²) in [6.07, 6.45) is 4.32. The first kappa shape index (κ1) is 11.9. The minimum Gasteiger partial charge on any atom is -0.381 e. The van der Waals surface area contributed by atoms with E-state index in [4.69, 9.17) is 5.26 Å². The third-order valence-electron chi connectivity index (χ3n) is 3.10. The van der Waals surface area contributed by atoms with E-state index in [-0.39, 0.29) is 0 Å². The highest BCUT2D eigenvalue weighted by atomic mass is 15.2. The summed E-state index contributed by atoms with van der Waals surface area (Å²) in [4.78, 5) is 6.51. The number of pyridine rings is 1. The fraction of sp³-hybridized carbons (Fsp3) is 0.538. The van der Waals surface area contributed by atoms with Gasteiger partial charge in [-0.1, -0.05) is 6.92 Å². The van der Waals surface area contributed by atoms with Crippen molar-refractivity contribution in [3.63, 3.8) is 0 Å². The Morgan fingerprint density at radius 3 is 3.06 bits per heavy atom. The first-order valence-electron chi connectivity index (χ1n) is 6.18. The van der Waals surface area contributed by atoms with Crippen molar-refractivity contribution in [2.45, 2.75) is 25.8 Å². The van der Waals surface area contributed by atoms with E-state index in [0.29, 0.717) is 5.69 Å². The molecule has 1 saturated carbocycles. The molecule has 1 heterocycles. The number of rotatable bonds is 6. The maximum Gasteiger partial charge on any atom is 0.163 e. The minimum atomic E-state index is 0.474. The quantitative estimate of drug-likeness (QED) is 0.810. The Kier molecular flexibility index (Phi) is 3.94. The topological polar surface area (TPSA) is 52.0 Å². The molecule has 0 bridgehead atoms. The molecule has 0 amide bonds. The molecule has 1 aromatic rings. The lowest BCUT2D eigenvalue weighted by molar-refractivity contribution is 0.289. The molecule has 0 atom stereocenters. The highest BCUT2D eigenvalue weighted by Gasteiger charge is 2.27. The van der Waals surface area contributed by atoms with Crippen LogP contribution in [0, 0.1) is 11.3 Å². The summed E-state index contributed by atoms with van der Waals surface area (Å²) in [6, 6.07) is 6.64. The van der Waals surface area contributed by atoms with Crippen LogP contribution in [0.4, 0.5) is 5.69 Å². The summed E-state index contributed by atoms with van der Waals surface area (Å²) in [5.41, 5.74) is 1.31. The van der Waals surface area contributed by atoms with Gasteiger partial charge in [-0.15, -0.1) is 0 Å². The van der Waals surface area contributed by atoms with Crippen molar-refractivity contribution >= 4 is 5.69 Å². The van der Waals surface area contributed by atoms with Gasteiger partial charge in [0.15, 0.2) is 5.69 Å². The third kappa shape index (κ3) is 3.18. The van der Waals surface area contributed by atoms with E-state index in [1.807, 2.05) is 12.1 Å². The minimum absolute atomic E-state index is 0.474. The number of nitrogens with one attached hydrogen (secondary N) is 1. The molecule has 4 nitrogen and oxygen atoms in total. The summed E-state index contributed by atoms with van der Waals surface area (Å²) in [7, 11) is 0.